The third-order valence-corrected chi connectivity index (χ3v) is 3.90. The van der Waals surface area contributed by atoms with Crippen LogP contribution in [0.2, 0.25) is 15.1 Å². The number of nitrogens with zero attached hydrogens (tertiary/aromatic N) is 1. The molecule has 1 unspecified atom stereocenters. The van der Waals surface area contributed by atoms with Gasteiger partial charge in [-0.25, -0.2) is 4.98 Å². The smallest absolute Gasteiger partial charge is 0.219 e. The molecule has 1 N–H and O–H groups in total. The standard InChI is InChI=1S/C14H13Cl3N2O/c1-8(18-2)9-3-4-19-14(5-9)20-13-7-11(16)10(15)6-12(13)17/h3-8,18H,1-2H3. The topological polar surface area (TPSA) is 34.2 Å². The van der Waals surface area contributed by atoms with Gasteiger partial charge in [-0.05, 0) is 31.7 Å². The van der Waals surface area contributed by atoms with Gasteiger partial charge in [-0.15, -0.1) is 0 Å². The van der Waals surface area contributed by atoms with E-state index in [1.54, 1.807) is 18.3 Å². The third-order valence-electron chi connectivity index (χ3n) is 2.88. The van der Waals surface area contributed by atoms with E-state index in [-0.39, 0.29) is 6.04 Å². The number of rotatable bonds is 4. The zero-order valence-corrected chi connectivity index (χ0v) is 13.2. The van der Waals surface area contributed by atoms with Gasteiger partial charge < -0.3 is 10.1 Å². The maximum absolute atomic E-state index is 6.07. The molecule has 0 amide bonds. The average Bonchev–Trinajstić information content (AvgIpc) is 2.44. The maximum atomic E-state index is 6.07. The first-order valence-corrected chi connectivity index (χ1v) is 7.10. The molecule has 2 rings (SSSR count). The van der Waals surface area contributed by atoms with Gasteiger partial charge in [0, 0.05) is 24.4 Å². The van der Waals surface area contributed by atoms with Crippen LogP contribution in [0.3, 0.4) is 0 Å². The molecule has 3 nitrogen and oxygen atoms in total. The number of halogens is 3. The van der Waals surface area contributed by atoms with Crippen LogP contribution in [0.5, 0.6) is 11.6 Å². The number of pyridine rings is 1. The molecular formula is C14H13Cl3N2O. The zero-order valence-electron chi connectivity index (χ0n) is 11.0. The molecular weight excluding hydrogens is 319 g/mol. The molecule has 0 aliphatic carbocycles. The minimum atomic E-state index is 0.199. The van der Waals surface area contributed by atoms with Crippen molar-refractivity contribution in [2.24, 2.45) is 0 Å². The summed E-state index contributed by atoms with van der Waals surface area (Å²) in [5.41, 5.74) is 1.06. The Labute approximate surface area is 132 Å². The number of hydrogen-bond acceptors (Lipinski definition) is 3. The lowest BCUT2D eigenvalue weighted by molar-refractivity contribution is 0.461. The van der Waals surface area contributed by atoms with Gasteiger partial charge in [-0.3, -0.25) is 0 Å². The molecule has 0 aliphatic heterocycles. The van der Waals surface area contributed by atoms with E-state index in [1.165, 1.54) is 0 Å². The fraction of sp³-hybridized carbons (Fsp3) is 0.214. The molecule has 1 aromatic heterocycles. The van der Waals surface area contributed by atoms with E-state index < -0.39 is 0 Å². The van der Waals surface area contributed by atoms with Crippen LogP contribution >= 0.6 is 34.8 Å². The fourth-order valence-electron chi connectivity index (χ4n) is 1.61. The Kier molecular flexibility index (Phi) is 5.11. The molecule has 1 aromatic carbocycles. The summed E-state index contributed by atoms with van der Waals surface area (Å²) in [5, 5.41) is 4.30. The molecule has 0 bridgehead atoms. The summed E-state index contributed by atoms with van der Waals surface area (Å²) in [5.74, 6) is 0.868. The molecule has 0 radical (unpaired) electrons. The highest BCUT2D eigenvalue weighted by Crippen LogP contribution is 2.36. The molecule has 6 heteroatoms. The van der Waals surface area contributed by atoms with Crippen molar-refractivity contribution in [1.29, 1.82) is 0 Å². The zero-order chi connectivity index (χ0) is 14.7. The molecule has 0 fully saturated rings. The minimum absolute atomic E-state index is 0.199. The predicted molar refractivity (Wildman–Crippen MR) is 83.3 cm³/mol. The van der Waals surface area contributed by atoms with Crippen LogP contribution in [-0.4, -0.2) is 12.0 Å². The van der Waals surface area contributed by atoms with Gasteiger partial charge in [0.1, 0.15) is 5.75 Å². The van der Waals surface area contributed by atoms with Gasteiger partial charge in [0.15, 0.2) is 0 Å². The van der Waals surface area contributed by atoms with E-state index in [9.17, 15) is 0 Å². The van der Waals surface area contributed by atoms with Crippen molar-refractivity contribution in [1.82, 2.24) is 10.3 Å². The lowest BCUT2D eigenvalue weighted by Crippen LogP contribution is -2.12. The minimum Gasteiger partial charge on any atom is -0.437 e. The molecule has 0 aliphatic rings. The Morgan fingerprint density at radius 2 is 1.80 bits per heavy atom. The first-order valence-electron chi connectivity index (χ1n) is 5.97. The van der Waals surface area contributed by atoms with Crippen molar-refractivity contribution in [3.05, 3.63) is 51.1 Å². The Morgan fingerprint density at radius 3 is 2.50 bits per heavy atom. The van der Waals surface area contributed by atoms with Gasteiger partial charge in [0.25, 0.3) is 0 Å². The lowest BCUT2D eigenvalue weighted by atomic mass is 10.1. The van der Waals surface area contributed by atoms with E-state index in [2.05, 4.69) is 10.3 Å². The van der Waals surface area contributed by atoms with Crippen molar-refractivity contribution in [3.8, 4) is 11.6 Å². The summed E-state index contributed by atoms with van der Waals surface area (Å²) in [6, 6.07) is 7.08. The monoisotopic (exact) mass is 330 g/mol. The lowest BCUT2D eigenvalue weighted by Gasteiger charge is -2.12. The highest BCUT2D eigenvalue weighted by molar-refractivity contribution is 6.43. The molecule has 106 valence electrons. The van der Waals surface area contributed by atoms with Gasteiger partial charge in [-0.1, -0.05) is 34.8 Å². The molecule has 2 aromatic rings. The second-order valence-electron chi connectivity index (χ2n) is 4.24. The number of benzene rings is 1. The van der Waals surface area contributed by atoms with Gasteiger partial charge in [0.2, 0.25) is 5.88 Å². The summed E-state index contributed by atoms with van der Waals surface area (Å²) in [4.78, 5) is 4.16. The third kappa shape index (κ3) is 3.55. The normalized spacial score (nSPS) is 12.2. The van der Waals surface area contributed by atoms with E-state index in [0.29, 0.717) is 26.7 Å². The molecule has 20 heavy (non-hydrogen) atoms. The fourth-order valence-corrected chi connectivity index (χ4v) is 2.19. The molecule has 0 spiro atoms. The van der Waals surface area contributed by atoms with Gasteiger partial charge >= 0.3 is 0 Å². The SMILES string of the molecule is CNC(C)c1ccnc(Oc2cc(Cl)c(Cl)cc2Cl)c1. The quantitative estimate of drug-likeness (QED) is 0.790. The number of aromatic nitrogens is 1. The van der Waals surface area contributed by atoms with Crippen LogP contribution in [0, 0.1) is 0 Å². The Morgan fingerprint density at radius 1 is 1.10 bits per heavy atom. The molecule has 0 saturated heterocycles. The van der Waals surface area contributed by atoms with Crippen LogP contribution in [0.1, 0.15) is 18.5 Å². The number of nitrogens with one attached hydrogen (secondary N) is 1. The maximum Gasteiger partial charge on any atom is 0.219 e. The average molecular weight is 332 g/mol. The molecule has 1 heterocycles. The number of hydrogen-bond donors (Lipinski definition) is 1. The Hall–Kier alpha value is -1.000. The largest absolute Gasteiger partial charge is 0.437 e. The van der Waals surface area contributed by atoms with Crippen molar-refractivity contribution in [3.63, 3.8) is 0 Å². The van der Waals surface area contributed by atoms with Crippen molar-refractivity contribution >= 4 is 34.8 Å². The summed E-state index contributed by atoms with van der Waals surface area (Å²) in [6.45, 7) is 2.05. The summed E-state index contributed by atoms with van der Waals surface area (Å²) in [7, 11) is 1.89. The van der Waals surface area contributed by atoms with Crippen LogP contribution in [0.25, 0.3) is 0 Å². The Bertz CT molecular complexity index is 619. The van der Waals surface area contributed by atoms with E-state index >= 15 is 0 Å². The first kappa shape index (κ1) is 15.4. The highest BCUT2D eigenvalue weighted by atomic mass is 35.5. The Balaban J connectivity index is 2.28. The van der Waals surface area contributed by atoms with E-state index in [0.717, 1.165) is 5.56 Å². The van der Waals surface area contributed by atoms with Crippen LogP contribution in [0.4, 0.5) is 0 Å². The highest BCUT2D eigenvalue weighted by Gasteiger charge is 2.10. The van der Waals surface area contributed by atoms with Crippen LogP contribution < -0.4 is 10.1 Å². The summed E-state index contributed by atoms with van der Waals surface area (Å²) in [6.07, 6.45) is 1.68. The first-order chi connectivity index (χ1) is 9.51. The molecule has 1 atom stereocenters. The number of ether oxygens (including phenoxy) is 1. The summed E-state index contributed by atoms with van der Waals surface area (Å²) >= 11 is 17.9. The van der Waals surface area contributed by atoms with Gasteiger partial charge in [-0.2, -0.15) is 0 Å². The van der Waals surface area contributed by atoms with E-state index in [4.69, 9.17) is 39.5 Å². The van der Waals surface area contributed by atoms with Crippen molar-refractivity contribution in [2.45, 2.75) is 13.0 Å². The van der Waals surface area contributed by atoms with Crippen LogP contribution in [-0.2, 0) is 0 Å². The molecule has 0 saturated carbocycles. The van der Waals surface area contributed by atoms with E-state index in [1.807, 2.05) is 26.1 Å². The summed E-state index contributed by atoms with van der Waals surface area (Å²) < 4.78 is 5.67. The van der Waals surface area contributed by atoms with Crippen molar-refractivity contribution in [2.75, 3.05) is 7.05 Å². The predicted octanol–water partition coefficient (Wildman–Crippen LogP) is 5.11. The second kappa shape index (κ2) is 6.64. The second-order valence-corrected chi connectivity index (χ2v) is 5.46. The van der Waals surface area contributed by atoms with Gasteiger partial charge in [0.05, 0.1) is 15.1 Å². The van der Waals surface area contributed by atoms with Crippen molar-refractivity contribution < 1.29 is 4.74 Å². The van der Waals surface area contributed by atoms with Crippen LogP contribution in [0.15, 0.2) is 30.5 Å².